The molecule has 94 valence electrons. The summed E-state index contributed by atoms with van der Waals surface area (Å²) in [6.07, 6.45) is 0. The van der Waals surface area contributed by atoms with E-state index in [4.69, 9.17) is 5.73 Å². The summed E-state index contributed by atoms with van der Waals surface area (Å²) in [6, 6.07) is 14.4. The number of hydrogen-bond donors (Lipinski definition) is 1. The van der Waals surface area contributed by atoms with E-state index in [2.05, 4.69) is 65.0 Å². The number of nitrogens with two attached hydrogens (primary N) is 1. The van der Waals surface area contributed by atoms with Gasteiger partial charge in [-0.2, -0.15) is 0 Å². The van der Waals surface area contributed by atoms with Crippen molar-refractivity contribution in [3.05, 3.63) is 52.5 Å². The summed E-state index contributed by atoms with van der Waals surface area (Å²) >= 11 is 3.50. The Kier molecular flexibility index (Phi) is 3.92. The first kappa shape index (κ1) is 13.0. The fourth-order valence-electron chi connectivity index (χ4n) is 2.04. The molecule has 2 N–H and O–H groups in total. The lowest BCUT2D eigenvalue weighted by Crippen LogP contribution is -2.17. The van der Waals surface area contributed by atoms with Crippen molar-refractivity contribution in [2.45, 2.75) is 13.8 Å². The molecule has 2 aromatic rings. The number of halogens is 1. The van der Waals surface area contributed by atoms with Gasteiger partial charge in [-0.05, 0) is 49.7 Å². The van der Waals surface area contributed by atoms with Gasteiger partial charge >= 0.3 is 0 Å². The zero-order valence-corrected chi connectivity index (χ0v) is 12.2. The Labute approximate surface area is 117 Å². The van der Waals surface area contributed by atoms with Crippen molar-refractivity contribution < 1.29 is 0 Å². The van der Waals surface area contributed by atoms with Gasteiger partial charge in [-0.3, -0.25) is 0 Å². The molecule has 0 atom stereocenters. The Morgan fingerprint density at radius 2 is 1.94 bits per heavy atom. The molecule has 0 aliphatic rings. The highest BCUT2D eigenvalue weighted by Crippen LogP contribution is 2.32. The average Bonchev–Trinajstić information content (AvgIpc) is 2.35. The van der Waals surface area contributed by atoms with E-state index in [1.807, 2.05) is 12.1 Å². The van der Waals surface area contributed by atoms with Crippen LogP contribution in [0.2, 0.25) is 0 Å². The predicted molar refractivity (Wildman–Crippen MR) is 82.4 cm³/mol. The van der Waals surface area contributed by atoms with Crippen LogP contribution in [0.4, 0.5) is 17.1 Å². The molecule has 2 rings (SSSR count). The first-order valence-electron chi connectivity index (χ1n) is 6.01. The molecule has 2 aromatic carbocycles. The van der Waals surface area contributed by atoms with Crippen LogP contribution in [0.1, 0.15) is 12.5 Å². The van der Waals surface area contributed by atoms with Gasteiger partial charge in [0.1, 0.15) is 0 Å². The molecular weight excluding hydrogens is 288 g/mol. The van der Waals surface area contributed by atoms with E-state index in [1.165, 1.54) is 11.3 Å². The highest BCUT2D eigenvalue weighted by atomic mass is 79.9. The molecule has 0 unspecified atom stereocenters. The summed E-state index contributed by atoms with van der Waals surface area (Å²) in [5.74, 6) is 0. The van der Waals surface area contributed by atoms with Crippen molar-refractivity contribution in [2.24, 2.45) is 0 Å². The minimum Gasteiger partial charge on any atom is -0.397 e. The molecule has 0 aliphatic heterocycles. The smallest absolute Gasteiger partial charge is 0.0655 e. The van der Waals surface area contributed by atoms with Crippen molar-refractivity contribution in [2.75, 3.05) is 17.2 Å². The third-order valence-corrected chi connectivity index (χ3v) is 3.41. The van der Waals surface area contributed by atoms with Gasteiger partial charge in [0.2, 0.25) is 0 Å². The van der Waals surface area contributed by atoms with Gasteiger partial charge in [0.25, 0.3) is 0 Å². The van der Waals surface area contributed by atoms with Gasteiger partial charge in [-0.15, -0.1) is 0 Å². The summed E-state index contributed by atoms with van der Waals surface area (Å²) in [5, 5.41) is 0. The summed E-state index contributed by atoms with van der Waals surface area (Å²) in [4.78, 5) is 2.22. The van der Waals surface area contributed by atoms with Crippen LogP contribution in [0, 0.1) is 6.92 Å². The summed E-state index contributed by atoms with van der Waals surface area (Å²) in [5.41, 5.74) is 10.3. The fraction of sp³-hybridized carbons (Fsp3) is 0.200. The molecule has 0 amide bonds. The monoisotopic (exact) mass is 304 g/mol. The molecular formula is C15H17BrN2. The minimum absolute atomic E-state index is 0.793. The molecule has 0 saturated carbocycles. The maximum atomic E-state index is 6.08. The first-order valence-corrected chi connectivity index (χ1v) is 6.80. The molecule has 3 heteroatoms. The maximum Gasteiger partial charge on any atom is 0.0655 e. The van der Waals surface area contributed by atoms with Crippen LogP contribution in [-0.4, -0.2) is 6.54 Å². The van der Waals surface area contributed by atoms with E-state index in [9.17, 15) is 0 Å². The van der Waals surface area contributed by atoms with Crippen LogP contribution in [0.25, 0.3) is 0 Å². The number of hydrogen-bond acceptors (Lipinski definition) is 2. The first-order chi connectivity index (χ1) is 8.61. The Bertz CT molecular complexity index is 552. The lowest BCUT2D eigenvalue weighted by Gasteiger charge is -2.25. The van der Waals surface area contributed by atoms with Crippen LogP contribution in [0.5, 0.6) is 0 Å². The summed E-state index contributed by atoms with van der Waals surface area (Å²) in [7, 11) is 0. The van der Waals surface area contributed by atoms with Crippen LogP contribution in [-0.2, 0) is 0 Å². The quantitative estimate of drug-likeness (QED) is 0.846. The molecule has 0 spiro atoms. The lowest BCUT2D eigenvalue weighted by molar-refractivity contribution is 1.02. The molecule has 0 fully saturated rings. The van der Waals surface area contributed by atoms with Gasteiger partial charge in [0.15, 0.2) is 0 Å². The zero-order valence-electron chi connectivity index (χ0n) is 10.7. The maximum absolute atomic E-state index is 6.08. The predicted octanol–water partition coefficient (Wildman–Crippen LogP) is 4.50. The Balaban J connectivity index is 2.48. The molecule has 18 heavy (non-hydrogen) atoms. The van der Waals surface area contributed by atoms with Crippen LogP contribution in [0.15, 0.2) is 46.9 Å². The van der Waals surface area contributed by atoms with E-state index in [0.29, 0.717) is 0 Å². The minimum atomic E-state index is 0.793. The Morgan fingerprint density at radius 1 is 1.17 bits per heavy atom. The molecule has 2 nitrogen and oxygen atoms in total. The number of rotatable bonds is 3. The number of aryl methyl sites for hydroxylation is 1. The normalized spacial score (nSPS) is 10.4. The van der Waals surface area contributed by atoms with Crippen molar-refractivity contribution in [1.82, 2.24) is 0 Å². The standard InChI is InChI=1S/C15H17BrN2/c1-3-18(13-6-4-5-11(2)9-13)15-10-12(16)7-8-14(15)17/h4-10H,3,17H2,1-2H3. The summed E-state index contributed by atoms with van der Waals surface area (Å²) < 4.78 is 1.04. The number of benzene rings is 2. The van der Waals surface area contributed by atoms with Crippen LogP contribution >= 0.6 is 15.9 Å². The SMILES string of the molecule is CCN(c1cccc(C)c1)c1cc(Br)ccc1N. The molecule has 0 aromatic heterocycles. The largest absolute Gasteiger partial charge is 0.397 e. The van der Waals surface area contributed by atoms with E-state index in [-0.39, 0.29) is 0 Å². The fourth-order valence-corrected chi connectivity index (χ4v) is 2.39. The second-order valence-corrected chi connectivity index (χ2v) is 5.20. The van der Waals surface area contributed by atoms with Crippen molar-refractivity contribution in [1.29, 1.82) is 0 Å². The van der Waals surface area contributed by atoms with E-state index in [0.717, 1.165) is 22.4 Å². The van der Waals surface area contributed by atoms with Crippen molar-refractivity contribution >= 4 is 33.0 Å². The Morgan fingerprint density at radius 3 is 2.61 bits per heavy atom. The number of nitrogen functional groups attached to an aromatic ring is 1. The van der Waals surface area contributed by atoms with Crippen molar-refractivity contribution in [3.8, 4) is 0 Å². The third kappa shape index (κ3) is 2.67. The highest BCUT2D eigenvalue weighted by molar-refractivity contribution is 9.10. The molecule has 0 radical (unpaired) electrons. The van der Waals surface area contributed by atoms with Crippen LogP contribution in [0.3, 0.4) is 0 Å². The zero-order chi connectivity index (χ0) is 13.1. The molecule has 0 heterocycles. The van der Waals surface area contributed by atoms with Gasteiger partial charge in [0, 0.05) is 16.7 Å². The molecule has 0 saturated heterocycles. The van der Waals surface area contributed by atoms with E-state index >= 15 is 0 Å². The summed E-state index contributed by atoms with van der Waals surface area (Å²) in [6.45, 7) is 5.11. The van der Waals surface area contributed by atoms with Gasteiger partial charge in [-0.1, -0.05) is 28.1 Å². The van der Waals surface area contributed by atoms with E-state index in [1.54, 1.807) is 0 Å². The Hall–Kier alpha value is -1.48. The second-order valence-electron chi connectivity index (χ2n) is 4.29. The topological polar surface area (TPSA) is 29.3 Å². The molecule has 0 aliphatic carbocycles. The van der Waals surface area contributed by atoms with E-state index < -0.39 is 0 Å². The third-order valence-electron chi connectivity index (χ3n) is 2.91. The lowest BCUT2D eigenvalue weighted by atomic mass is 10.1. The number of nitrogens with zero attached hydrogens (tertiary/aromatic N) is 1. The van der Waals surface area contributed by atoms with Crippen LogP contribution < -0.4 is 10.6 Å². The second kappa shape index (κ2) is 5.44. The average molecular weight is 305 g/mol. The number of anilines is 3. The highest BCUT2D eigenvalue weighted by Gasteiger charge is 2.10. The van der Waals surface area contributed by atoms with Gasteiger partial charge in [-0.25, -0.2) is 0 Å². The van der Waals surface area contributed by atoms with Crippen molar-refractivity contribution in [3.63, 3.8) is 0 Å². The molecule has 0 bridgehead atoms. The van der Waals surface area contributed by atoms with Gasteiger partial charge < -0.3 is 10.6 Å². The van der Waals surface area contributed by atoms with Gasteiger partial charge in [0.05, 0.1) is 11.4 Å².